The lowest BCUT2D eigenvalue weighted by Crippen LogP contribution is -2.17. The summed E-state index contributed by atoms with van der Waals surface area (Å²) in [5, 5.41) is 5.65. The molecule has 1 aromatic carbocycles. The zero-order chi connectivity index (χ0) is 19.6. The van der Waals surface area contributed by atoms with Crippen molar-refractivity contribution in [1.82, 2.24) is 4.98 Å². The van der Waals surface area contributed by atoms with Gasteiger partial charge in [-0.1, -0.05) is 0 Å². The van der Waals surface area contributed by atoms with E-state index in [2.05, 4.69) is 10.3 Å². The number of thiophene rings is 1. The number of ether oxygens (including phenoxy) is 1. The van der Waals surface area contributed by atoms with Crippen LogP contribution in [0.1, 0.15) is 38.2 Å². The fourth-order valence-electron chi connectivity index (χ4n) is 2.55. The van der Waals surface area contributed by atoms with E-state index in [0.717, 1.165) is 26.8 Å². The number of nitrogens with zero attached hydrogens (tertiary/aromatic N) is 1. The van der Waals surface area contributed by atoms with Crippen molar-refractivity contribution in [3.8, 4) is 16.3 Å². The largest absolute Gasteiger partial charge is 0.494 e. The topological polar surface area (TPSA) is 94.3 Å². The van der Waals surface area contributed by atoms with Gasteiger partial charge >= 0.3 is 0 Å². The third-order valence-electron chi connectivity index (χ3n) is 4.01. The number of hydrogen-bond acceptors (Lipinski definition) is 6. The second-order valence-corrected chi connectivity index (χ2v) is 7.88. The van der Waals surface area contributed by atoms with Crippen molar-refractivity contribution in [1.29, 1.82) is 0 Å². The van der Waals surface area contributed by atoms with Crippen LogP contribution in [0.25, 0.3) is 10.6 Å². The third kappa shape index (κ3) is 4.01. The number of carbonyl (C=O) groups is 2. The summed E-state index contributed by atoms with van der Waals surface area (Å²) in [7, 11) is 0. The number of amides is 2. The number of carbonyl (C=O) groups excluding carboxylic acids is 2. The van der Waals surface area contributed by atoms with Crippen molar-refractivity contribution in [2.45, 2.75) is 20.8 Å². The average molecular weight is 402 g/mol. The number of rotatable bonds is 6. The Morgan fingerprint density at radius 3 is 2.56 bits per heavy atom. The Hall–Kier alpha value is -2.71. The molecule has 0 aliphatic rings. The Morgan fingerprint density at radius 1 is 1.22 bits per heavy atom. The van der Waals surface area contributed by atoms with Crippen LogP contribution in [-0.4, -0.2) is 23.4 Å². The molecule has 6 nitrogen and oxygen atoms in total. The van der Waals surface area contributed by atoms with Crippen molar-refractivity contribution < 1.29 is 14.3 Å². The first kappa shape index (κ1) is 19.1. The minimum atomic E-state index is -0.555. The van der Waals surface area contributed by atoms with E-state index in [-0.39, 0.29) is 5.91 Å². The number of thiazole rings is 1. The van der Waals surface area contributed by atoms with Gasteiger partial charge in [0.15, 0.2) is 0 Å². The Labute approximate surface area is 165 Å². The van der Waals surface area contributed by atoms with E-state index in [1.54, 1.807) is 5.38 Å². The second kappa shape index (κ2) is 7.89. The first-order valence-corrected chi connectivity index (χ1v) is 10.00. The summed E-state index contributed by atoms with van der Waals surface area (Å²) < 4.78 is 5.43. The molecule has 2 aromatic heterocycles. The van der Waals surface area contributed by atoms with Crippen molar-refractivity contribution in [3.05, 3.63) is 51.3 Å². The highest BCUT2D eigenvalue weighted by Gasteiger charge is 2.20. The molecular weight excluding hydrogens is 382 g/mol. The van der Waals surface area contributed by atoms with E-state index in [0.29, 0.717) is 22.9 Å². The predicted molar refractivity (Wildman–Crippen MR) is 109 cm³/mol. The summed E-state index contributed by atoms with van der Waals surface area (Å²) in [6.07, 6.45) is 0. The monoisotopic (exact) mass is 401 g/mol. The minimum absolute atomic E-state index is 0.294. The summed E-state index contributed by atoms with van der Waals surface area (Å²) >= 11 is 2.71. The van der Waals surface area contributed by atoms with Crippen LogP contribution < -0.4 is 15.8 Å². The zero-order valence-corrected chi connectivity index (χ0v) is 16.8. The first-order chi connectivity index (χ1) is 12.9. The van der Waals surface area contributed by atoms with Gasteiger partial charge in [0.25, 0.3) is 11.8 Å². The summed E-state index contributed by atoms with van der Waals surface area (Å²) in [6.45, 7) is 6.24. The van der Waals surface area contributed by atoms with Crippen LogP contribution in [-0.2, 0) is 0 Å². The summed E-state index contributed by atoms with van der Waals surface area (Å²) in [4.78, 5) is 29.6. The van der Waals surface area contributed by atoms with Gasteiger partial charge in [0, 0.05) is 15.8 Å². The maximum atomic E-state index is 12.6. The Kier molecular flexibility index (Phi) is 5.57. The van der Waals surface area contributed by atoms with Gasteiger partial charge in [-0.15, -0.1) is 22.7 Å². The lowest BCUT2D eigenvalue weighted by molar-refractivity contribution is 0.100. The Bertz CT molecular complexity index is 990. The lowest BCUT2D eigenvalue weighted by Gasteiger charge is -2.04. The first-order valence-electron chi connectivity index (χ1n) is 8.30. The highest BCUT2D eigenvalue weighted by Crippen LogP contribution is 2.33. The van der Waals surface area contributed by atoms with Crippen molar-refractivity contribution in [2.75, 3.05) is 11.9 Å². The third-order valence-corrected chi connectivity index (χ3v) is 6.02. The van der Waals surface area contributed by atoms with Gasteiger partial charge in [-0.25, -0.2) is 4.98 Å². The van der Waals surface area contributed by atoms with Gasteiger partial charge in [0.2, 0.25) is 0 Å². The molecule has 0 radical (unpaired) electrons. The molecule has 0 aliphatic carbocycles. The SMILES string of the molecule is CCOc1ccc(-c2nc(C(=O)Nc3sc(C)c(C)c3C(N)=O)cs2)cc1. The van der Waals surface area contributed by atoms with Gasteiger partial charge in [-0.3, -0.25) is 9.59 Å². The van der Waals surface area contributed by atoms with Crippen LogP contribution in [0.5, 0.6) is 5.75 Å². The van der Waals surface area contributed by atoms with Crippen LogP contribution in [0.2, 0.25) is 0 Å². The van der Waals surface area contributed by atoms with E-state index in [4.69, 9.17) is 10.5 Å². The normalized spacial score (nSPS) is 10.6. The van der Waals surface area contributed by atoms with Gasteiger partial charge in [-0.2, -0.15) is 0 Å². The number of nitrogens with one attached hydrogen (secondary N) is 1. The molecule has 2 heterocycles. The van der Waals surface area contributed by atoms with E-state index < -0.39 is 5.91 Å². The van der Waals surface area contributed by atoms with Crippen LogP contribution in [0, 0.1) is 13.8 Å². The summed E-state index contributed by atoms with van der Waals surface area (Å²) in [6, 6.07) is 7.55. The van der Waals surface area contributed by atoms with Gasteiger partial charge in [0.1, 0.15) is 21.5 Å². The van der Waals surface area contributed by atoms with E-state index in [1.165, 1.54) is 22.7 Å². The minimum Gasteiger partial charge on any atom is -0.494 e. The van der Waals surface area contributed by atoms with Gasteiger partial charge in [0.05, 0.1) is 12.2 Å². The molecule has 0 fully saturated rings. The van der Waals surface area contributed by atoms with Crippen molar-refractivity contribution in [2.24, 2.45) is 5.73 Å². The highest BCUT2D eigenvalue weighted by atomic mass is 32.1. The number of nitrogens with two attached hydrogens (primary N) is 1. The number of aryl methyl sites for hydroxylation is 1. The average Bonchev–Trinajstić information content (AvgIpc) is 3.22. The molecule has 0 saturated heterocycles. The highest BCUT2D eigenvalue weighted by molar-refractivity contribution is 7.17. The molecule has 0 aliphatic heterocycles. The maximum absolute atomic E-state index is 12.6. The Balaban J connectivity index is 1.80. The molecule has 8 heteroatoms. The molecule has 27 heavy (non-hydrogen) atoms. The Morgan fingerprint density at radius 2 is 1.93 bits per heavy atom. The fraction of sp³-hybridized carbons (Fsp3) is 0.211. The van der Waals surface area contributed by atoms with Crippen LogP contribution in [0.3, 0.4) is 0 Å². The molecule has 0 bridgehead atoms. The molecule has 2 amide bonds. The smallest absolute Gasteiger partial charge is 0.275 e. The quantitative estimate of drug-likeness (QED) is 0.646. The van der Waals surface area contributed by atoms with Crippen LogP contribution in [0.4, 0.5) is 5.00 Å². The van der Waals surface area contributed by atoms with Gasteiger partial charge < -0.3 is 15.8 Å². The molecule has 3 rings (SSSR count). The lowest BCUT2D eigenvalue weighted by atomic mass is 10.1. The zero-order valence-electron chi connectivity index (χ0n) is 15.2. The van der Waals surface area contributed by atoms with Crippen molar-refractivity contribution in [3.63, 3.8) is 0 Å². The van der Waals surface area contributed by atoms with Crippen molar-refractivity contribution >= 4 is 39.5 Å². The maximum Gasteiger partial charge on any atom is 0.275 e. The molecule has 140 valence electrons. The number of anilines is 1. The number of primary amides is 1. The molecule has 0 unspecified atom stereocenters. The molecular formula is C19H19N3O3S2. The van der Waals surface area contributed by atoms with E-state index in [1.807, 2.05) is 45.0 Å². The van der Waals surface area contributed by atoms with E-state index >= 15 is 0 Å². The summed E-state index contributed by atoms with van der Waals surface area (Å²) in [5.74, 6) is -0.133. The molecule has 0 spiro atoms. The van der Waals surface area contributed by atoms with E-state index in [9.17, 15) is 9.59 Å². The standard InChI is InChI=1S/C19H19N3O3S2/c1-4-25-13-7-5-12(6-8-13)18-21-14(9-26-18)17(24)22-19-15(16(20)23)10(2)11(3)27-19/h5-9H,4H2,1-3H3,(H2,20,23)(H,22,24). The fourth-order valence-corrected chi connectivity index (χ4v) is 4.42. The summed E-state index contributed by atoms with van der Waals surface area (Å²) in [5.41, 5.74) is 7.79. The van der Waals surface area contributed by atoms with Crippen LogP contribution >= 0.6 is 22.7 Å². The van der Waals surface area contributed by atoms with Crippen LogP contribution in [0.15, 0.2) is 29.6 Å². The van der Waals surface area contributed by atoms with Gasteiger partial charge in [-0.05, 0) is 50.6 Å². The number of hydrogen-bond donors (Lipinski definition) is 2. The second-order valence-electron chi connectivity index (χ2n) is 5.80. The molecule has 3 aromatic rings. The number of aromatic nitrogens is 1. The molecule has 0 saturated carbocycles. The number of benzene rings is 1. The molecule has 0 atom stereocenters. The molecule has 3 N–H and O–H groups in total. The predicted octanol–water partition coefficient (Wildman–Crippen LogP) is 4.24.